The lowest BCUT2D eigenvalue weighted by atomic mass is 9.93. The summed E-state index contributed by atoms with van der Waals surface area (Å²) in [7, 11) is 0. The van der Waals surface area contributed by atoms with Gasteiger partial charge in [0.1, 0.15) is 6.04 Å². The Morgan fingerprint density at radius 3 is 2.48 bits per heavy atom. The highest BCUT2D eigenvalue weighted by Gasteiger charge is 2.32. The number of para-hydroxylation sites is 1. The van der Waals surface area contributed by atoms with Gasteiger partial charge in [-0.3, -0.25) is 4.79 Å². The molecule has 1 atom stereocenters. The Morgan fingerprint density at radius 2 is 1.76 bits per heavy atom. The summed E-state index contributed by atoms with van der Waals surface area (Å²) in [4.78, 5) is 24.6. The molecule has 106 valence electrons. The number of nitrogens with zero attached hydrogens (tertiary/aromatic N) is 1. The second-order valence-electron chi connectivity index (χ2n) is 5.13. The smallest absolute Gasteiger partial charge is 0.326 e. The maximum atomic E-state index is 11.6. The Bertz CT molecular complexity index is 696. The minimum Gasteiger partial charge on any atom is -0.480 e. The second-order valence-corrected chi connectivity index (χ2v) is 5.13. The Labute approximate surface area is 122 Å². The number of carbonyl (C=O) groups is 2. The molecule has 1 N–H and O–H groups in total. The van der Waals surface area contributed by atoms with Crippen LogP contribution in [0.4, 0.5) is 5.69 Å². The zero-order valence-corrected chi connectivity index (χ0v) is 11.4. The molecular formula is C17H15NO3. The average Bonchev–Trinajstić information content (AvgIpc) is 2.53. The van der Waals surface area contributed by atoms with Crippen molar-refractivity contribution in [1.82, 2.24) is 0 Å². The molecule has 0 saturated carbocycles. The van der Waals surface area contributed by atoms with Crippen molar-refractivity contribution >= 4 is 17.9 Å². The quantitative estimate of drug-likeness (QED) is 0.878. The molecule has 0 aromatic heterocycles. The number of aldehydes is 1. The molecule has 21 heavy (non-hydrogen) atoms. The second kappa shape index (κ2) is 5.40. The standard InChI is InChI=1S/C17H15NO3/c19-11-14-7-3-4-8-15(14)18-10-13-6-2-1-5-12(13)9-16(18)17(20)21/h1-8,11,16H,9-10H2,(H,20,21). The third-order valence-electron chi connectivity index (χ3n) is 3.91. The molecule has 1 unspecified atom stereocenters. The average molecular weight is 281 g/mol. The molecule has 0 bridgehead atoms. The molecule has 0 radical (unpaired) electrons. The summed E-state index contributed by atoms with van der Waals surface area (Å²) < 4.78 is 0. The first kappa shape index (κ1) is 13.4. The van der Waals surface area contributed by atoms with Gasteiger partial charge in [-0.25, -0.2) is 4.79 Å². The van der Waals surface area contributed by atoms with Crippen molar-refractivity contribution in [3.8, 4) is 0 Å². The van der Waals surface area contributed by atoms with Crippen molar-refractivity contribution in [2.24, 2.45) is 0 Å². The normalized spacial score (nSPS) is 17.1. The minimum atomic E-state index is -0.870. The van der Waals surface area contributed by atoms with Crippen LogP contribution in [0.2, 0.25) is 0 Å². The van der Waals surface area contributed by atoms with Crippen molar-refractivity contribution in [2.75, 3.05) is 4.90 Å². The van der Waals surface area contributed by atoms with Crippen LogP contribution in [0.15, 0.2) is 48.5 Å². The summed E-state index contributed by atoms with van der Waals surface area (Å²) in [6, 6.07) is 14.3. The number of fused-ring (bicyclic) bond motifs is 1. The van der Waals surface area contributed by atoms with E-state index in [0.29, 0.717) is 24.2 Å². The zero-order valence-electron chi connectivity index (χ0n) is 11.4. The predicted octanol–water partition coefficient (Wildman–Crippen LogP) is 2.51. The molecule has 4 heteroatoms. The van der Waals surface area contributed by atoms with E-state index < -0.39 is 12.0 Å². The summed E-state index contributed by atoms with van der Waals surface area (Å²) in [5.74, 6) is -0.870. The Hall–Kier alpha value is -2.62. The third-order valence-corrected chi connectivity index (χ3v) is 3.91. The summed E-state index contributed by atoms with van der Waals surface area (Å²) in [5.41, 5.74) is 3.36. The lowest BCUT2D eigenvalue weighted by molar-refractivity contribution is -0.138. The van der Waals surface area contributed by atoms with Gasteiger partial charge in [-0.2, -0.15) is 0 Å². The van der Waals surface area contributed by atoms with E-state index in [0.717, 1.165) is 17.4 Å². The first-order chi connectivity index (χ1) is 10.2. The lowest BCUT2D eigenvalue weighted by Gasteiger charge is -2.36. The van der Waals surface area contributed by atoms with E-state index in [1.807, 2.05) is 30.3 Å². The first-order valence-corrected chi connectivity index (χ1v) is 6.81. The van der Waals surface area contributed by atoms with Crippen LogP contribution in [0.1, 0.15) is 21.5 Å². The molecule has 1 heterocycles. The van der Waals surface area contributed by atoms with E-state index in [4.69, 9.17) is 0 Å². The van der Waals surface area contributed by atoms with Crippen LogP contribution in [0, 0.1) is 0 Å². The van der Waals surface area contributed by atoms with Gasteiger partial charge in [-0.1, -0.05) is 36.4 Å². The largest absolute Gasteiger partial charge is 0.480 e. The summed E-state index contributed by atoms with van der Waals surface area (Å²) in [6.07, 6.45) is 1.22. The van der Waals surface area contributed by atoms with Gasteiger partial charge in [0.05, 0.1) is 0 Å². The van der Waals surface area contributed by atoms with Gasteiger partial charge in [-0.05, 0) is 23.3 Å². The van der Waals surface area contributed by atoms with Crippen LogP contribution in [0.5, 0.6) is 0 Å². The minimum absolute atomic E-state index is 0.443. The molecule has 1 aliphatic rings. The number of anilines is 1. The van der Waals surface area contributed by atoms with Gasteiger partial charge < -0.3 is 10.0 Å². The van der Waals surface area contributed by atoms with Crippen molar-refractivity contribution in [3.63, 3.8) is 0 Å². The molecule has 0 fully saturated rings. The zero-order chi connectivity index (χ0) is 14.8. The van der Waals surface area contributed by atoms with Crippen molar-refractivity contribution in [1.29, 1.82) is 0 Å². The SMILES string of the molecule is O=Cc1ccccc1N1Cc2ccccc2CC1C(=O)O. The molecular weight excluding hydrogens is 266 g/mol. The molecule has 0 aliphatic carbocycles. The molecule has 0 amide bonds. The summed E-state index contributed by atoms with van der Waals surface area (Å²) >= 11 is 0. The van der Waals surface area contributed by atoms with Gasteiger partial charge in [0.2, 0.25) is 0 Å². The van der Waals surface area contributed by atoms with Gasteiger partial charge in [-0.15, -0.1) is 0 Å². The number of carboxylic acid groups (broad SMARTS) is 1. The lowest BCUT2D eigenvalue weighted by Crippen LogP contribution is -2.46. The molecule has 2 aromatic carbocycles. The molecule has 0 saturated heterocycles. The van der Waals surface area contributed by atoms with Crippen molar-refractivity contribution in [2.45, 2.75) is 19.0 Å². The highest BCUT2D eigenvalue weighted by Crippen LogP contribution is 2.30. The van der Waals surface area contributed by atoms with Crippen molar-refractivity contribution < 1.29 is 14.7 Å². The number of carbonyl (C=O) groups excluding carboxylic acids is 1. The number of hydrogen-bond donors (Lipinski definition) is 1. The highest BCUT2D eigenvalue weighted by atomic mass is 16.4. The maximum absolute atomic E-state index is 11.6. The van der Waals surface area contributed by atoms with Gasteiger partial charge >= 0.3 is 5.97 Å². The number of carboxylic acids is 1. The Kier molecular flexibility index (Phi) is 3.44. The van der Waals surface area contributed by atoms with E-state index >= 15 is 0 Å². The molecule has 4 nitrogen and oxygen atoms in total. The van der Waals surface area contributed by atoms with Crippen LogP contribution in [-0.2, 0) is 17.8 Å². The predicted molar refractivity (Wildman–Crippen MR) is 79.6 cm³/mol. The van der Waals surface area contributed by atoms with E-state index in [9.17, 15) is 14.7 Å². The molecule has 0 spiro atoms. The topological polar surface area (TPSA) is 57.6 Å². The number of benzene rings is 2. The summed E-state index contributed by atoms with van der Waals surface area (Å²) in [5, 5.41) is 9.53. The number of aliphatic carboxylic acids is 1. The fraction of sp³-hybridized carbons (Fsp3) is 0.176. The van der Waals surface area contributed by atoms with E-state index in [1.54, 1.807) is 23.1 Å². The molecule has 1 aliphatic heterocycles. The van der Waals surface area contributed by atoms with Gasteiger partial charge in [0.25, 0.3) is 0 Å². The fourth-order valence-electron chi connectivity index (χ4n) is 2.85. The Balaban J connectivity index is 2.07. The summed E-state index contributed by atoms with van der Waals surface area (Å²) in [6.45, 7) is 0.498. The molecule has 2 aromatic rings. The van der Waals surface area contributed by atoms with E-state index in [-0.39, 0.29) is 0 Å². The monoisotopic (exact) mass is 281 g/mol. The fourth-order valence-corrected chi connectivity index (χ4v) is 2.85. The van der Waals surface area contributed by atoms with Crippen LogP contribution < -0.4 is 4.90 Å². The van der Waals surface area contributed by atoms with Crippen LogP contribution in [0.25, 0.3) is 0 Å². The van der Waals surface area contributed by atoms with Gasteiger partial charge in [0, 0.05) is 24.2 Å². The van der Waals surface area contributed by atoms with Gasteiger partial charge in [0.15, 0.2) is 6.29 Å². The first-order valence-electron chi connectivity index (χ1n) is 6.81. The van der Waals surface area contributed by atoms with Crippen LogP contribution in [0.3, 0.4) is 0 Å². The number of rotatable bonds is 3. The molecule has 3 rings (SSSR count). The van der Waals surface area contributed by atoms with Crippen LogP contribution in [-0.4, -0.2) is 23.4 Å². The maximum Gasteiger partial charge on any atom is 0.326 e. The third kappa shape index (κ3) is 2.40. The van der Waals surface area contributed by atoms with E-state index in [1.165, 1.54) is 0 Å². The number of hydrogen-bond acceptors (Lipinski definition) is 3. The van der Waals surface area contributed by atoms with Crippen molar-refractivity contribution in [3.05, 3.63) is 65.2 Å². The van der Waals surface area contributed by atoms with Crippen LogP contribution >= 0.6 is 0 Å². The highest BCUT2D eigenvalue weighted by molar-refractivity contribution is 5.88. The Morgan fingerprint density at radius 1 is 1.10 bits per heavy atom. The van der Waals surface area contributed by atoms with E-state index in [2.05, 4.69) is 0 Å².